The van der Waals surface area contributed by atoms with Crippen molar-refractivity contribution >= 4 is 15.9 Å². The van der Waals surface area contributed by atoms with Crippen LogP contribution >= 0.6 is 15.9 Å². The minimum absolute atomic E-state index is 0.00519. The van der Waals surface area contributed by atoms with Gasteiger partial charge in [0.25, 0.3) is 0 Å². The summed E-state index contributed by atoms with van der Waals surface area (Å²) in [7, 11) is 0. The van der Waals surface area contributed by atoms with E-state index in [0.717, 1.165) is 22.9 Å². The summed E-state index contributed by atoms with van der Waals surface area (Å²) in [5.41, 5.74) is 9.68. The number of aryl methyl sites for hydroxylation is 1. The normalized spacial score (nSPS) is 17.3. The summed E-state index contributed by atoms with van der Waals surface area (Å²) in [5.74, 6) is 0. The fourth-order valence-corrected chi connectivity index (χ4v) is 2.87. The van der Waals surface area contributed by atoms with E-state index in [-0.39, 0.29) is 12.6 Å². The number of aliphatic hydroxyl groups excluding tert-OH is 1. The Labute approximate surface area is 98.6 Å². The predicted molar refractivity (Wildman–Crippen MR) is 64.8 cm³/mol. The van der Waals surface area contributed by atoms with Crippen molar-refractivity contribution in [3.8, 4) is 0 Å². The maximum atomic E-state index is 9.04. The monoisotopic (exact) mass is 269 g/mol. The van der Waals surface area contributed by atoms with Gasteiger partial charge in [0.1, 0.15) is 0 Å². The molecule has 1 aliphatic rings. The molecule has 0 saturated heterocycles. The molecule has 0 saturated carbocycles. The molecule has 0 aromatic heterocycles. The highest BCUT2D eigenvalue weighted by molar-refractivity contribution is 9.10. The second-order valence-electron chi connectivity index (χ2n) is 4.14. The summed E-state index contributed by atoms with van der Waals surface area (Å²) in [6, 6.07) is 3.94. The lowest BCUT2D eigenvalue weighted by Crippen LogP contribution is -2.16. The molecule has 1 aromatic rings. The van der Waals surface area contributed by atoms with Crippen LogP contribution < -0.4 is 5.73 Å². The molecule has 0 aliphatic heterocycles. The molecular formula is C12H16BrNO. The average Bonchev–Trinajstić information content (AvgIpc) is 2.28. The zero-order valence-electron chi connectivity index (χ0n) is 8.67. The maximum absolute atomic E-state index is 9.04. The third kappa shape index (κ3) is 2.25. The van der Waals surface area contributed by atoms with Gasteiger partial charge in [0, 0.05) is 4.47 Å². The van der Waals surface area contributed by atoms with Crippen LogP contribution in [0.15, 0.2) is 16.6 Å². The molecule has 3 N–H and O–H groups in total. The SMILES string of the molecule is NC(CO)c1cc(Br)c2c(c1)CCCC2. The zero-order chi connectivity index (χ0) is 10.8. The number of hydrogen-bond donors (Lipinski definition) is 2. The van der Waals surface area contributed by atoms with Crippen molar-refractivity contribution in [2.24, 2.45) is 5.73 Å². The fraction of sp³-hybridized carbons (Fsp3) is 0.500. The van der Waals surface area contributed by atoms with Crippen molar-refractivity contribution in [3.05, 3.63) is 33.3 Å². The van der Waals surface area contributed by atoms with Crippen LogP contribution in [0.1, 0.15) is 35.6 Å². The van der Waals surface area contributed by atoms with E-state index >= 15 is 0 Å². The summed E-state index contributed by atoms with van der Waals surface area (Å²) >= 11 is 3.59. The van der Waals surface area contributed by atoms with Crippen molar-refractivity contribution in [1.82, 2.24) is 0 Å². The van der Waals surface area contributed by atoms with E-state index < -0.39 is 0 Å². The molecule has 82 valence electrons. The average molecular weight is 270 g/mol. The van der Waals surface area contributed by atoms with Gasteiger partial charge in [-0.05, 0) is 48.4 Å². The summed E-state index contributed by atoms with van der Waals surface area (Å²) in [6.07, 6.45) is 4.83. The quantitative estimate of drug-likeness (QED) is 0.866. The molecule has 0 radical (unpaired) electrons. The van der Waals surface area contributed by atoms with Gasteiger partial charge in [-0.1, -0.05) is 22.0 Å². The van der Waals surface area contributed by atoms with Gasteiger partial charge in [0.15, 0.2) is 0 Å². The first-order valence-corrected chi connectivity index (χ1v) is 6.19. The Kier molecular flexibility index (Phi) is 3.44. The van der Waals surface area contributed by atoms with Crippen molar-refractivity contribution < 1.29 is 5.11 Å². The van der Waals surface area contributed by atoms with E-state index in [0.29, 0.717) is 0 Å². The minimum atomic E-state index is -0.256. The smallest absolute Gasteiger partial charge is 0.0624 e. The number of rotatable bonds is 2. The third-order valence-electron chi connectivity index (χ3n) is 3.06. The van der Waals surface area contributed by atoms with Gasteiger partial charge in [-0.2, -0.15) is 0 Å². The number of fused-ring (bicyclic) bond motifs is 1. The van der Waals surface area contributed by atoms with Gasteiger partial charge in [0.2, 0.25) is 0 Å². The number of nitrogens with two attached hydrogens (primary N) is 1. The molecule has 1 unspecified atom stereocenters. The van der Waals surface area contributed by atoms with Crippen LogP contribution in [-0.2, 0) is 12.8 Å². The molecule has 0 heterocycles. The van der Waals surface area contributed by atoms with E-state index in [1.807, 2.05) is 6.07 Å². The second kappa shape index (κ2) is 4.64. The molecule has 0 amide bonds. The molecule has 1 aliphatic carbocycles. The fourth-order valence-electron chi connectivity index (χ4n) is 2.16. The van der Waals surface area contributed by atoms with Crippen molar-refractivity contribution in [1.29, 1.82) is 0 Å². The molecular weight excluding hydrogens is 254 g/mol. The molecule has 2 nitrogen and oxygen atoms in total. The highest BCUT2D eigenvalue weighted by Crippen LogP contribution is 2.31. The Balaban J connectivity index is 2.40. The van der Waals surface area contributed by atoms with Crippen LogP contribution in [0.5, 0.6) is 0 Å². The van der Waals surface area contributed by atoms with Crippen LogP contribution in [0.3, 0.4) is 0 Å². The topological polar surface area (TPSA) is 46.2 Å². The first-order chi connectivity index (χ1) is 7.22. The maximum Gasteiger partial charge on any atom is 0.0624 e. The van der Waals surface area contributed by atoms with Crippen LogP contribution in [0.4, 0.5) is 0 Å². The van der Waals surface area contributed by atoms with Gasteiger partial charge >= 0.3 is 0 Å². The Hall–Kier alpha value is -0.380. The zero-order valence-corrected chi connectivity index (χ0v) is 10.3. The van der Waals surface area contributed by atoms with E-state index in [9.17, 15) is 0 Å². The first kappa shape index (κ1) is 11.1. The molecule has 15 heavy (non-hydrogen) atoms. The van der Waals surface area contributed by atoms with Crippen LogP contribution in [0, 0.1) is 0 Å². The molecule has 3 heteroatoms. The summed E-state index contributed by atoms with van der Waals surface area (Å²) in [4.78, 5) is 0. The summed E-state index contributed by atoms with van der Waals surface area (Å²) in [5, 5.41) is 9.04. The Morgan fingerprint density at radius 1 is 1.33 bits per heavy atom. The van der Waals surface area contributed by atoms with E-state index in [4.69, 9.17) is 10.8 Å². The number of hydrogen-bond acceptors (Lipinski definition) is 2. The highest BCUT2D eigenvalue weighted by Gasteiger charge is 2.15. The van der Waals surface area contributed by atoms with Crippen LogP contribution in [-0.4, -0.2) is 11.7 Å². The van der Waals surface area contributed by atoms with Crippen LogP contribution in [0.25, 0.3) is 0 Å². The van der Waals surface area contributed by atoms with Gasteiger partial charge in [-0.3, -0.25) is 0 Å². The van der Waals surface area contributed by atoms with E-state index in [2.05, 4.69) is 22.0 Å². The van der Waals surface area contributed by atoms with E-state index in [1.54, 1.807) is 0 Å². The molecule has 1 aromatic carbocycles. The Morgan fingerprint density at radius 2 is 2.07 bits per heavy atom. The van der Waals surface area contributed by atoms with Crippen LogP contribution in [0.2, 0.25) is 0 Å². The molecule has 0 spiro atoms. The van der Waals surface area contributed by atoms with Crippen molar-refractivity contribution in [3.63, 3.8) is 0 Å². The summed E-state index contributed by atoms with van der Waals surface area (Å²) in [6.45, 7) is 0.00519. The largest absolute Gasteiger partial charge is 0.394 e. The molecule has 1 atom stereocenters. The molecule has 2 rings (SSSR count). The molecule has 0 fully saturated rings. The number of aliphatic hydroxyl groups is 1. The standard InChI is InChI=1S/C12H16BrNO/c13-11-6-9(12(14)7-15)5-8-3-1-2-4-10(8)11/h5-6,12,15H,1-4,7,14H2. The van der Waals surface area contributed by atoms with Gasteiger partial charge in [0.05, 0.1) is 12.6 Å². The van der Waals surface area contributed by atoms with Gasteiger partial charge in [-0.25, -0.2) is 0 Å². The highest BCUT2D eigenvalue weighted by atomic mass is 79.9. The van der Waals surface area contributed by atoms with E-state index in [1.165, 1.54) is 24.0 Å². The number of halogens is 1. The lowest BCUT2D eigenvalue weighted by molar-refractivity contribution is 0.268. The lowest BCUT2D eigenvalue weighted by atomic mass is 9.89. The second-order valence-corrected chi connectivity index (χ2v) is 4.99. The van der Waals surface area contributed by atoms with Crippen molar-refractivity contribution in [2.45, 2.75) is 31.7 Å². The van der Waals surface area contributed by atoms with Gasteiger partial charge in [-0.15, -0.1) is 0 Å². The summed E-state index contributed by atoms with van der Waals surface area (Å²) < 4.78 is 1.15. The van der Waals surface area contributed by atoms with Gasteiger partial charge < -0.3 is 10.8 Å². The lowest BCUT2D eigenvalue weighted by Gasteiger charge is -2.20. The minimum Gasteiger partial charge on any atom is -0.394 e. The Bertz CT molecular complexity index is 365. The third-order valence-corrected chi connectivity index (χ3v) is 3.77. The molecule has 0 bridgehead atoms. The first-order valence-electron chi connectivity index (χ1n) is 5.40. The number of benzene rings is 1. The van der Waals surface area contributed by atoms with Crippen molar-refractivity contribution in [2.75, 3.05) is 6.61 Å². The Morgan fingerprint density at radius 3 is 2.80 bits per heavy atom. The predicted octanol–water partition coefficient (Wildman–Crippen LogP) is 2.32.